The summed E-state index contributed by atoms with van der Waals surface area (Å²) in [6.07, 6.45) is 1.35. The van der Waals surface area contributed by atoms with Crippen LogP contribution >= 0.6 is 0 Å². The highest BCUT2D eigenvalue weighted by molar-refractivity contribution is 5.86. The molecule has 0 aromatic carbocycles. The van der Waals surface area contributed by atoms with Gasteiger partial charge in [0.05, 0.1) is 11.5 Å². The number of piperazine rings is 1. The van der Waals surface area contributed by atoms with Crippen molar-refractivity contribution >= 4 is 11.9 Å². The van der Waals surface area contributed by atoms with Gasteiger partial charge in [0.15, 0.2) is 0 Å². The SMILES string of the molecule is CNC(=O)N1CCN2C(=O)C(CCO)(CCO)CC2C1. The lowest BCUT2D eigenvalue weighted by Gasteiger charge is -2.37. The Balaban J connectivity index is 2.13. The van der Waals surface area contributed by atoms with Crippen molar-refractivity contribution in [3.63, 3.8) is 0 Å². The zero-order valence-corrected chi connectivity index (χ0v) is 11.8. The Morgan fingerprint density at radius 2 is 2.00 bits per heavy atom. The summed E-state index contributed by atoms with van der Waals surface area (Å²) in [6, 6.07) is -0.134. The lowest BCUT2D eigenvalue weighted by molar-refractivity contribution is -0.139. The largest absolute Gasteiger partial charge is 0.396 e. The molecule has 7 nitrogen and oxygen atoms in total. The van der Waals surface area contributed by atoms with Crippen molar-refractivity contribution in [3.8, 4) is 0 Å². The number of hydrogen-bond acceptors (Lipinski definition) is 4. The van der Waals surface area contributed by atoms with Crippen molar-refractivity contribution in [1.82, 2.24) is 15.1 Å². The molecule has 2 heterocycles. The van der Waals surface area contributed by atoms with Gasteiger partial charge in [-0.25, -0.2) is 4.79 Å². The van der Waals surface area contributed by atoms with E-state index in [9.17, 15) is 19.8 Å². The molecule has 0 bridgehead atoms. The van der Waals surface area contributed by atoms with Gasteiger partial charge in [-0.1, -0.05) is 0 Å². The molecule has 0 radical (unpaired) electrons. The van der Waals surface area contributed by atoms with Gasteiger partial charge in [-0.2, -0.15) is 0 Å². The first kappa shape index (κ1) is 15.1. The van der Waals surface area contributed by atoms with E-state index in [0.717, 1.165) is 0 Å². The van der Waals surface area contributed by atoms with Gasteiger partial charge in [0, 0.05) is 39.9 Å². The molecule has 3 N–H and O–H groups in total. The summed E-state index contributed by atoms with van der Waals surface area (Å²) < 4.78 is 0. The Morgan fingerprint density at radius 3 is 2.55 bits per heavy atom. The van der Waals surface area contributed by atoms with Crippen molar-refractivity contribution < 1.29 is 19.8 Å². The molecule has 2 rings (SSSR count). The van der Waals surface area contributed by atoms with E-state index in [2.05, 4.69) is 5.32 Å². The first-order valence-corrected chi connectivity index (χ1v) is 7.07. The predicted octanol–water partition coefficient (Wildman–Crippen LogP) is -1.01. The Morgan fingerprint density at radius 1 is 1.35 bits per heavy atom. The highest BCUT2D eigenvalue weighted by Gasteiger charge is 2.52. The van der Waals surface area contributed by atoms with Crippen LogP contribution in [0.1, 0.15) is 19.3 Å². The van der Waals surface area contributed by atoms with Crippen LogP contribution in [-0.2, 0) is 4.79 Å². The van der Waals surface area contributed by atoms with Crippen LogP contribution in [0.25, 0.3) is 0 Å². The number of aliphatic hydroxyl groups excluding tert-OH is 2. The van der Waals surface area contributed by atoms with Crippen LogP contribution in [0.2, 0.25) is 0 Å². The molecule has 2 aliphatic rings. The zero-order valence-electron chi connectivity index (χ0n) is 11.8. The molecule has 1 atom stereocenters. The van der Waals surface area contributed by atoms with Gasteiger partial charge in [-0.3, -0.25) is 4.79 Å². The van der Waals surface area contributed by atoms with E-state index < -0.39 is 5.41 Å². The lowest BCUT2D eigenvalue weighted by atomic mass is 9.79. The first-order valence-electron chi connectivity index (χ1n) is 7.07. The maximum absolute atomic E-state index is 12.6. The maximum Gasteiger partial charge on any atom is 0.317 e. The summed E-state index contributed by atoms with van der Waals surface area (Å²) in [6.45, 7) is 1.44. The molecule has 1 unspecified atom stereocenters. The Hall–Kier alpha value is -1.34. The number of carbonyl (C=O) groups excluding carboxylic acids is 2. The van der Waals surface area contributed by atoms with Gasteiger partial charge in [0.1, 0.15) is 0 Å². The summed E-state index contributed by atoms with van der Waals surface area (Å²) >= 11 is 0. The summed E-state index contributed by atoms with van der Waals surface area (Å²) in [7, 11) is 1.59. The molecule has 0 aromatic rings. The minimum Gasteiger partial charge on any atom is -0.396 e. The number of aliphatic hydroxyl groups is 2. The van der Waals surface area contributed by atoms with E-state index in [4.69, 9.17) is 0 Å². The second-order valence-electron chi connectivity index (χ2n) is 5.59. The Kier molecular flexibility index (Phi) is 4.49. The number of rotatable bonds is 4. The Bertz CT molecular complexity index is 382. The third-order valence-electron chi connectivity index (χ3n) is 4.51. The molecule has 2 saturated heterocycles. The highest BCUT2D eigenvalue weighted by atomic mass is 16.3. The molecule has 0 spiro atoms. The lowest BCUT2D eigenvalue weighted by Crippen LogP contribution is -2.55. The van der Waals surface area contributed by atoms with Gasteiger partial charge in [0.2, 0.25) is 5.91 Å². The van der Waals surface area contributed by atoms with E-state index in [1.54, 1.807) is 11.9 Å². The second-order valence-corrected chi connectivity index (χ2v) is 5.59. The fraction of sp³-hybridized carbons (Fsp3) is 0.846. The molecule has 7 heteroatoms. The van der Waals surface area contributed by atoms with Crippen LogP contribution in [0.4, 0.5) is 4.79 Å². The first-order chi connectivity index (χ1) is 9.57. The summed E-state index contributed by atoms with van der Waals surface area (Å²) in [5.41, 5.74) is -0.660. The van der Waals surface area contributed by atoms with E-state index in [1.807, 2.05) is 4.90 Å². The van der Waals surface area contributed by atoms with Gasteiger partial charge < -0.3 is 25.3 Å². The minimum atomic E-state index is -0.660. The van der Waals surface area contributed by atoms with E-state index in [-0.39, 0.29) is 31.2 Å². The van der Waals surface area contributed by atoms with Crippen LogP contribution in [0.15, 0.2) is 0 Å². The van der Waals surface area contributed by atoms with Crippen LogP contribution in [0.5, 0.6) is 0 Å². The maximum atomic E-state index is 12.6. The van der Waals surface area contributed by atoms with Crippen LogP contribution in [0.3, 0.4) is 0 Å². The average Bonchev–Trinajstić information content (AvgIpc) is 2.71. The summed E-state index contributed by atoms with van der Waals surface area (Å²) in [5.74, 6) is 0.0159. The average molecular weight is 285 g/mol. The number of hydrogen-bond donors (Lipinski definition) is 3. The van der Waals surface area contributed by atoms with Crippen molar-refractivity contribution in [2.75, 3.05) is 39.9 Å². The smallest absolute Gasteiger partial charge is 0.317 e. The van der Waals surface area contributed by atoms with Crippen molar-refractivity contribution in [2.24, 2.45) is 5.41 Å². The van der Waals surface area contributed by atoms with E-state index >= 15 is 0 Å². The zero-order chi connectivity index (χ0) is 14.8. The predicted molar refractivity (Wildman–Crippen MR) is 72.0 cm³/mol. The number of nitrogens with zero attached hydrogens (tertiary/aromatic N) is 2. The molecule has 0 saturated carbocycles. The molecule has 114 valence electrons. The minimum absolute atomic E-state index is 0.00773. The molecule has 2 fully saturated rings. The second kappa shape index (κ2) is 5.97. The van der Waals surface area contributed by atoms with Crippen LogP contribution < -0.4 is 5.32 Å². The summed E-state index contributed by atoms with van der Waals surface area (Å²) in [5, 5.41) is 21.0. The third-order valence-corrected chi connectivity index (χ3v) is 4.51. The fourth-order valence-electron chi connectivity index (χ4n) is 3.45. The van der Waals surface area contributed by atoms with E-state index in [0.29, 0.717) is 38.9 Å². The monoisotopic (exact) mass is 285 g/mol. The third kappa shape index (κ3) is 2.47. The molecule has 20 heavy (non-hydrogen) atoms. The number of carbonyl (C=O) groups is 2. The topological polar surface area (TPSA) is 93.1 Å². The quantitative estimate of drug-likeness (QED) is 0.617. The molecule has 2 aliphatic heterocycles. The molecular formula is C13H23N3O4. The molecule has 0 aromatic heterocycles. The molecule has 3 amide bonds. The number of nitrogens with one attached hydrogen (secondary N) is 1. The van der Waals surface area contributed by atoms with Crippen LogP contribution in [0, 0.1) is 5.41 Å². The van der Waals surface area contributed by atoms with Crippen LogP contribution in [-0.4, -0.2) is 77.9 Å². The van der Waals surface area contributed by atoms with Gasteiger partial charge in [0.25, 0.3) is 0 Å². The van der Waals surface area contributed by atoms with Gasteiger partial charge in [-0.15, -0.1) is 0 Å². The highest BCUT2D eigenvalue weighted by Crippen LogP contribution is 2.43. The Labute approximate surface area is 118 Å². The molecule has 0 aliphatic carbocycles. The van der Waals surface area contributed by atoms with E-state index in [1.165, 1.54) is 0 Å². The van der Waals surface area contributed by atoms with Crippen molar-refractivity contribution in [1.29, 1.82) is 0 Å². The van der Waals surface area contributed by atoms with Crippen molar-refractivity contribution in [3.05, 3.63) is 0 Å². The van der Waals surface area contributed by atoms with Crippen molar-refractivity contribution in [2.45, 2.75) is 25.3 Å². The van der Waals surface area contributed by atoms with Gasteiger partial charge >= 0.3 is 6.03 Å². The molecular weight excluding hydrogens is 262 g/mol. The summed E-state index contributed by atoms with van der Waals surface area (Å²) in [4.78, 5) is 27.8. The number of urea groups is 1. The standard InChI is InChI=1S/C13H23N3O4/c1-14-12(20)15-4-5-16-10(9-15)8-13(2-6-17,3-7-18)11(16)19/h10,17-18H,2-9H2,1H3,(H,14,20). The number of fused-ring (bicyclic) bond motifs is 1. The number of amides is 3. The van der Waals surface area contributed by atoms with Gasteiger partial charge in [-0.05, 0) is 19.3 Å². The normalized spacial score (nSPS) is 24.8. The fourth-order valence-corrected chi connectivity index (χ4v) is 3.45.